The van der Waals surface area contributed by atoms with Crippen LogP contribution in [-0.4, -0.2) is 12.2 Å². The average molecular weight is 140 g/mol. The predicted molar refractivity (Wildman–Crippen MR) is 40.9 cm³/mol. The summed E-state index contributed by atoms with van der Waals surface area (Å²) in [5.41, 5.74) is 0. The standard InChI is InChI=1S/C9H16O/c1-7-2-5-9(10-7)6-8-3-4-8/h7-9H,2-6H2,1H3. The highest BCUT2D eigenvalue weighted by Crippen LogP contribution is 2.37. The third kappa shape index (κ3) is 1.51. The molecule has 0 radical (unpaired) electrons. The lowest BCUT2D eigenvalue weighted by molar-refractivity contribution is 0.0477. The summed E-state index contributed by atoms with van der Waals surface area (Å²) in [6.07, 6.45) is 8.06. The number of ether oxygens (including phenoxy) is 1. The van der Waals surface area contributed by atoms with Crippen molar-refractivity contribution in [2.75, 3.05) is 0 Å². The summed E-state index contributed by atoms with van der Waals surface area (Å²) in [5.74, 6) is 1.04. The molecule has 0 aromatic rings. The normalized spacial score (nSPS) is 40.5. The SMILES string of the molecule is CC1CCC(CC2CC2)O1. The molecule has 1 aliphatic carbocycles. The molecule has 1 saturated heterocycles. The van der Waals surface area contributed by atoms with E-state index in [4.69, 9.17) is 4.74 Å². The lowest BCUT2D eigenvalue weighted by Gasteiger charge is -2.08. The van der Waals surface area contributed by atoms with Crippen molar-refractivity contribution in [2.45, 2.75) is 51.2 Å². The lowest BCUT2D eigenvalue weighted by Crippen LogP contribution is -2.08. The van der Waals surface area contributed by atoms with E-state index in [9.17, 15) is 0 Å². The molecule has 0 aromatic carbocycles. The van der Waals surface area contributed by atoms with Crippen LogP contribution in [0, 0.1) is 5.92 Å². The number of hydrogen-bond acceptors (Lipinski definition) is 1. The molecule has 2 unspecified atom stereocenters. The smallest absolute Gasteiger partial charge is 0.0582 e. The molecular formula is C9H16O. The summed E-state index contributed by atoms with van der Waals surface area (Å²) in [6.45, 7) is 2.19. The van der Waals surface area contributed by atoms with E-state index in [1.165, 1.54) is 32.1 Å². The minimum absolute atomic E-state index is 0.545. The van der Waals surface area contributed by atoms with E-state index in [2.05, 4.69) is 6.92 Å². The van der Waals surface area contributed by atoms with Crippen LogP contribution in [0.15, 0.2) is 0 Å². The van der Waals surface area contributed by atoms with Crippen molar-refractivity contribution < 1.29 is 4.74 Å². The third-order valence-electron chi connectivity index (χ3n) is 2.61. The minimum atomic E-state index is 0.545. The predicted octanol–water partition coefficient (Wildman–Crippen LogP) is 2.35. The largest absolute Gasteiger partial charge is 0.375 e. The van der Waals surface area contributed by atoms with Crippen LogP contribution in [0.25, 0.3) is 0 Å². The van der Waals surface area contributed by atoms with Gasteiger partial charge in [0.2, 0.25) is 0 Å². The topological polar surface area (TPSA) is 9.23 Å². The van der Waals surface area contributed by atoms with E-state index in [0.29, 0.717) is 12.2 Å². The van der Waals surface area contributed by atoms with Crippen LogP contribution in [-0.2, 0) is 4.74 Å². The van der Waals surface area contributed by atoms with Crippen molar-refractivity contribution in [2.24, 2.45) is 5.92 Å². The Hall–Kier alpha value is -0.0400. The Morgan fingerprint density at radius 2 is 2.00 bits per heavy atom. The van der Waals surface area contributed by atoms with Crippen molar-refractivity contribution in [3.8, 4) is 0 Å². The summed E-state index contributed by atoms with van der Waals surface area (Å²) in [6, 6.07) is 0. The fourth-order valence-electron chi connectivity index (χ4n) is 1.78. The van der Waals surface area contributed by atoms with Crippen LogP contribution in [0.1, 0.15) is 39.0 Å². The Bertz CT molecular complexity index is 118. The maximum absolute atomic E-state index is 5.71. The molecule has 0 amide bonds. The van der Waals surface area contributed by atoms with Gasteiger partial charge in [0.05, 0.1) is 12.2 Å². The molecule has 58 valence electrons. The van der Waals surface area contributed by atoms with Gasteiger partial charge in [0.1, 0.15) is 0 Å². The van der Waals surface area contributed by atoms with Crippen molar-refractivity contribution >= 4 is 0 Å². The van der Waals surface area contributed by atoms with Gasteiger partial charge < -0.3 is 4.74 Å². The van der Waals surface area contributed by atoms with E-state index < -0.39 is 0 Å². The highest BCUT2D eigenvalue weighted by Gasteiger charge is 2.29. The number of hydrogen-bond donors (Lipinski definition) is 0. The molecule has 0 spiro atoms. The zero-order valence-electron chi connectivity index (χ0n) is 6.68. The molecule has 1 nitrogen and oxygen atoms in total. The Balaban J connectivity index is 1.72. The highest BCUT2D eigenvalue weighted by atomic mass is 16.5. The first-order valence-corrected chi connectivity index (χ1v) is 4.50. The minimum Gasteiger partial charge on any atom is -0.375 e. The summed E-state index contributed by atoms with van der Waals surface area (Å²) in [5, 5.41) is 0. The summed E-state index contributed by atoms with van der Waals surface area (Å²) < 4.78 is 5.71. The van der Waals surface area contributed by atoms with E-state index in [-0.39, 0.29) is 0 Å². The van der Waals surface area contributed by atoms with Gasteiger partial charge in [-0.1, -0.05) is 12.8 Å². The average Bonchev–Trinajstić information content (AvgIpc) is 2.59. The molecule has 1 saturated carbocycles. The highest BCUT2D eigenvalue weighted by molar-refractivity contribution is 4.80. The Morgan fingerprint density at radius 1 is 1.20 bits per heavy atom. The fourth-order valence-corrected chi connectivity index (χ4v) is 1.78. The molecule has 1 heteroatoms. The van der Waals surface area contributed by atoms with E-state index in [1.54, 1.807) is 0 Å². The molecule has 2 rings (SSSR count). The Morgan fingerprint density at radius 3 is 2.50 bits per heavy atom. The maximum Gasteiger partial charge on any atom is 0.0582 e. The van der Waals surface area contributed by atoms with Crippen molar-refractivity contribution in [3.63, 3.8) is 0 Å². The Kier molecular flexibility index (Phi) is 1.69. The second kappa shape index (κ2) is 2.54. The molecule has 0 aromatic heterocycles. The quantitative estimate of drug-likeness (QED) is 0.572. The first kappa shape index (κ1) is 6.66. The van der Waals surface area contributed by atoms with Crippen LogP contribution in [0.3, 0.4) is 0 Å². The molecule has 0 N–H and O–H groups in total. The van der Waals surface area contributed by atoms with Crippen LogP contribution >= 0.6 is 0 Å². The monoisotopic (exact) mass is 140 g/mol. The lowest BCUT2D eigenvalue weighted by atomic mass is 10.1. The van der Waals surface area contributed by atoms with Gasteiger partial charge in [-0.05, 0) is 32.1 Å². The molecule has 2 fully saturated rings. The second-order valence-corrected chi connectivity index (χ2v) is 3.83. The van der Waals surface area contributed by atoms with Crippen LogP contribution in [0.5, 0.6) is 0 Å². The number of rotatable bonds is 2. The van der Waals surface area contributed by atoms with Gasteiger partial charge >= 0.3 is 0 Å². The van der Waals surface area contributed by atoms with E-state index >= 15 is 0 Å². The first-order chi connectivity index (χ1) is 4.84. The van der Waals surface area contributed by atoms with Crippen molar-refractivity contribution in [1.29, 1.82) is 0 Å². The zero-order chi connectivity index (χ0) is 6.97. The van der Waals surface area contributed by atoms with Crippen LogP contribution in [0.4, 0.5) is 0 Å². The molecule has 10 heavy (non-hydrogen) atoms. The van der Waals surface area contributed by atoms with E-state index in [1.807, 2.05) is 0 Å². The van der Waals surface area contributed by atoms with Gasteiger partial charge in [-0.15, -0.1) is 0 Å². The van der Waals surface area contributed by atoms with Gasteiger partial charge in [0.25, 0.3) is 0 Å². The molecular weight excluding hydrogens is 124 g/mol. The first-order valence-electron chi connectivity index (χ1n) is 4.50. The molecule has 1 aliphatic heterocycles. The van der Waals surface area contributed by atoms with Gasteiger partial charge in [-0.2, -0.15) is 0 Å². The van der Waals surface area contributed by atoms with Gasteiger partial charge in [-0.3, -0.25) is 0 Å². The van der Waals surface area contributed by atoms with Crippen molar-refractivity contribution in [1.82, 2.24) is 0 Å². The maximum atomic E-state index is 5.71. The van der Waals surface area contributed by atoms with Crippen LogP contribution < -0.4 is 0 Å². The molecule has 0 bridgehead atoms. The van der Waals surface area contributed by atoms with Gasteiger partial charge in [-0.25, -0.2) is 0 Å². The second-order valence-electron chi connectivity index (χ2n) is 3.83. The molecule has 2 aliphatic rings. The van der Waals surface area contributed by atoms with Crippen LogP contribution in [0.2, 0.25) is 0 Å². The zero-order valence-corrected chi connectivity index (χ0v) is 6.68. The van der Waals surface area contributed by atoms with E-state index in [0.717, 1.165) is 5.92 Å². The molecule has 1 heterocycles. The van der Waals surface area contributed by atoms with Gasteiger partial charge in [0, 0.05) is 0 Å². The third-order valence-corrected chi connectivity index (χ3v) is 2.61. The Labute approximate surface area is 62.8 Å². The fraction of sp³-hybridized carbons (Fsp3) is 1.00. The molecule has 2 atom stereocenters. The summed E-state index contributed by atoms with van der Waals surface area (Å²) in [4.78, 5) is 0. The summed E-state index contributed by atoms with van der Waals surface area (Å²) >= 11 is 0. The van der Waals surface area contributed by atoms with Crippen molar-refractivity contribution in [3.05, 3.63) is 0 Å². The van der Waals surface area contributed by atoms with Gasteiger partial charge in [0.15, 0.2) is 0 Å². The summed E-state index contributed by atoms with van der Waals surface area (Å²) in [7, 11) is 0.